The Labute approximate surface area is 305 Å². The maximum absolute atomic E-state index is 15.2. The number of aryl methyl sites for hydroxylation is 2. The van der Waals surface area contributed by atoms with Crippen molar-refractivity contribution in [1.82, 2.24) is 0 Å². The Hall–Kier alpha value is -2.85. The molecule has 0 aromatic heterocycles. The summed E-state index contributed by atoms with van der Waals surface area (Å²) < 4.78 is 178. The van der Waals surface area contributed by atoms with Crippen LogP contribution < -0.4 is 9.47 Å². The fourth-order valence-corrected chi connectivity index (χ4v) is 7.54. The molecule has 0 N–H and O–H groups in total. The Morgan fingerprint density at radius 3 is 1.08 bits per heavy atom. The third kappa shape index (κ3) is 9.39. The molecule has 4 aromatic carbocycles. The summed E-state index contributed by atoms with van der Waals surface area (Å²) in [7, 11) is 0. The van der Waals surface area contributed by atoms with E-state index in [1.165, 1.54) is 0 Å². The highest BCUT2D eigenvalue weighted by Gasteiger charge is 2.50. The normalized spacial score (nSPS) is 13.6. The molecule has 276 valence electrons. The second-order valence-electron chi connectivity index (χ2n) is 10.7. The first-order valence-electron chi connectivity index (χ1n) is 13.8. The quantitative estimate of drug-likeness (QED) is 0.148. The standard InChI is InChI=1S/C32H18Cl4F12O2S/c1-11-3-23(37)17(13-5-19(33)25(20(34)6-13)49-29(39)40)9-15(11)27(31(43,44)45)51-28(32(46,47)48)16-10-18(24(38)4-12(16)2)14-7-21(35)26(22(36)8-14)50-30(41)42/h3-10,27-30H,1-2H3. The van der Waals surface area contributed by atoms with Crippen molar-refractivity contribution in [3.8, 4) is 33.8 Å². The fraction of sp³-hybridized carbons (Fsp3) is 0.250. The molecule has 0 radical (unpaired) electrons. The van der Waals surface area contributed by atoms with Crippen LogP contribution in [-0.4, -0.2) is 25.6 Å². The molecule has 0 bridgehead atoms. The van der Waals surface area contributed by atoms with Crippen LogP contribution in [0.4, 0.5) is 52.7 Å². The minimum Gasteiger partial charge on any atom is -0.432 e. The molecule has 0 saturated carbocycles. The zero-order valence-corrected chi connectivity index (χ0v) is 29.0. The zero-order valence-electron chi connectivity index (χ0n) is 25.2. The molecule has 0 aliphatic rings. The van der Waals surface area contributed by atoms with Crippen LogP contribution in [0, 0.1) is 25.5 Å². The molecule has 0 saturated heterocycles. The van der Waals surface area contributed by atoms with Gasteiger partial charge in [-0.15, -0.1) is 11.8 Å². The van der Waals surface area contributed by atoms with Gasteiger partial charge in [0.1, 0.15) is 22.1 Å². The van der Waals surface area contributed by atoms with Crippen LogP contribution >= 0.6 is 58.2 Å². The Kier molecular flexibility index (Phi) is 12.5. The van der Waals surface area contributed by atoms with Crippen LogP contribution in [0.25, 0.3) is 22.3 Å². The molecule has 0 spiro atoms. The van der Waals surface area contributed by atoms with E-state index in [9.17, 15) is 43.9 Å². The SMILES string of the molecule is Cc1cc(F)c(-c2cc(Cl)c(OC(F)F)c(Cl)c2)cc1C(SC(c1cc(-c2cc(Cl)c(OC(F)F)c(Cl)c2)c(F)cc1C)C(F)(F)F)C(F)(F)F. The van der Waals surface area contributed by atoms with E-state index in [0.717, 1.165) is 38.1 Å². The van der Waals surface area contributed by atoms with Crippen LogP contribution in [0.3, 0.4) is 0 Å². The number of benzene rings is 4. The smallest absolute Gasteiger partial charge is 0.404 e. The van der Waals surface area contributed by atoms with Gasteiger partial charge < -0.3 is 9.47 Å². The monoisotopic (exact) mass is 834 g/mol. The highest BCUT2D eigenvalue weighted by atomic mass is 35.5. The molecule has 2 unspecified atom stereocenters. The van der Waals surface area contributed by atoms with Crippen LogP contribution in [0.1, 0.15) is 32.8 Å². The first-order valence-corrected chi connectivity index (χ1v) is 16.2. The summed E-state index contributed by atoms with van der Waals surface area (Å²) in [6.45, 7) is -4.69. The third-order valence-electron chi connectivity index (χ3n) is 7.18. The summed E-state index contributed by atoms with van der Waals surface area (Å²) in [6.07, 6.45) is -10.8. The van der Waals surface area contributed by atoms with E-state index in [4.69, 9.17) is 46.4 Å². The van der Waals surface area contributed by atoms with Gasteiger partial charge >= 0.3 is 25.6 Å². The summed E-state index contributed by atoms with van der Waals surface area (Å²) >= 11 is 23.2. The minimum absolute atomic E-state index is 0.315. The number of rotatable bonds is 10. The number of hydrogen-bond acceptors (Lipinski definition) is 3. The van der Waals surface area contributed by atoms with Gasteiger partial charge in [0.25, 0.3) is 0 Å². The maximum Gasteiger partial charge on any atom is 0.404 e. The van der Waals surface area contributed by atoms with Crippen molar-refractivity contribution >= 4 is 58.2 Å². The van der Waals surface area contributed by atoms with Crippen molar-refractivity contribution in [1.29, 1.82) is 0 Å². The summed E-state index contributed by atoms with van der Waals surface area (Å²) in [4.78, 5) is 0. The van der Waals surface area contributed by atoms with Gasteiger partial charge in [-0.05, 0) is 95.8 Å². The van der Waals surface area contributed by atoms with Crippen LogP contribution in [0.2, 0.25) is 20.1 Å². The predicted octanol–water partition coefficient (Wildman–Crippen LogP) is 14.4. The van der Waals surface area contributed by atoms with Gasteiger partial charge in [0.05, 0.1) is 20.1 Å². The first-order chi connectivity index (χ1) is 23.5. The fourth-order valence-electron chi connectivity index (χ4n) is 5.01. The summed E-state index contributed by atoms with van der Waals surface area (Å²) in [5.74, 6) is -3.72. The molecule has 4 rings (SSSR count). The van der Waals surface area contributed by atoms with E-state index in [2.05, 4.69) is 9.47 Å². The Bertz CT molecular complexity index is 1750. The van der Waals surface area contributed by atoms with Gasteiger partial charge in [0.2, 0.25) is 0 Å². The molecule has 0 amide bonds. The lowest BCUT2D eigenvalue weighted by Crippen LogP contribution is -2.26. The maximum atomic E-state index is 15.2. The van der Waals surface area contributed by atoms with Gasteiger partial charge in [-0.25, -0.2) is 8.78 Å². The average molecular weight is 836 g/mol. The Balaban J connectivity index is 1.86. The predicted molar refractivity (Wildman–Crippen MR) is 172 cm³/mol. The van der Waals surface area contributed by atoms with Crippen molar-refractivity contribution in [2.75, 3.05) is 0 Å². The highest BCUT2D eigenvalue weighted by molar-refractivity contribution is 7.99. The van der Waals surface area contributed by atoms with E-state index in [-0.39, 0.29) is 11.1 Å². The molecule has 0 aliphatic heterocycles. The van der Waals surface area contributed by atoms with Gasteiger partial charge in [0.15, 0.2) is 11.5 Å². The molecule has 4 aromatic rings. The molecule has 2 nitrogen and oxygen atoms in total. The average Bonchev–Trinajstić information content (AvgIpc) is 2.97. The van der Waals surface area contributed by atoms with Crippen molar-refractivity contribution in [3.63, 3.8) is 0 Å². The van der Waals surface area contributed by atoms with Gasteiger partial charge in [0, 0.05) is 11.1 Å². The largest absolute Gasteiger partial charge is 0.432 e. The second kappa shape index (κ2) is 15.6. The minimum atomic E-state index is -5.41. The number of alkyl halides is 10. The summed E-state index contributed by atoms with van der Waals surface area (Å²) in [6, 6.07) is 6.00. The molecule has 0 fully saturated rings. The lowest BCUT2D eigenvalue weighted by molar-refractivity contribution is -0.136. The summed E-state index contributed by atoms with van der Waals surface area (Å²) in [5.41, 5.74) is -4.31. The Morgan fingerprint density at radius 1 is 0.529 bits per heavy atom. The van der Waals surface area contributed by atoms with E-state index in [0.29, 0.717) is 24.3 Å². The molecular weight excluding hydrogens is 818 g/mol. The van der Waals surface area contributed by atoms with Crippen molar-refractivity contribution in [2.24, 2.45) is 0 Å². The van der Waals surface area contributed by atoms with Crippen molar-refractivity contribution in [2.45, 2.75) is 49.9 Å². The van der Waals surface area contributed by atoms with Gasteiger partial charge in [-0.1, -0.05) is 46.4 Å². The zero-order chi connectivity index (χ0) is 38.3. The van der Waals surface area contributed by atoms with Crippen LogP contribution in [0.15, 0.2) is 48.5 Å². The molecular formula is C32H18Cl4F12O2S. The highest BCUT2D eigenvalue weighted by Crippen LogP contribution is 2.57. The first kappa shape index (κ1) is 40.9. The van der Waals surface area contributed by atoms with Crippen molar-refractivity contribution < 1.29 is 62.2 Å². The van der Waals surface area contributed by atoms with Crippen molar-refractivity contribution in [3.05, 3.63) is 103 Å². The number of hydrogen-bond donors (Lipinski definition) is 0. The number of ether oxygens (including phenoxy) is 2. The van der Waals surface area contributed by atoms with Gasteiger partial charge in [-0.3, -0.25) is 0 Å². The van der Waals surface area contributed by atoms with E-state index >= 15 is 8.78 Å². The Morgan fingerprint density at radius 2 is 0.824 bits per heavy atom. The van der Waals surface area contributed by atoms with Crippen LogP contribution in [0.5, 0.6) is 11.5 Å². The molecule has 51 heavy (non-hydrogen) atoms. The van der Waals surface area contributed by atoms with E-state index < -0.39 is 124 Å². The third-order valence-corrected chi connectivity index (χ3v) is 9.89. The topological polar surface area (TPSA) is 18.5 Å². The number of thioether (sulfide) groups is 1. The second-order valence-corrected chi connectivity index (χ2v) is 13.5. The molecule has 19 heteroatoms. The molecule has 0 heterocycles. The van der Waals surface area contributed by atoms with E-state index in [1.807, 2.05) is 0 Å². The number of halogens is 16. The van der Waals surface area contributed by atoms with E-state index in [1.54, 1.807) is 0 Å². The molecule has 2 atom stereocenters. The van der Waals surface area contributed by atoms with Gasteiger partial charge in [-0.2, -0.15) is 43.9 Å². The summed E-state index contributed by atoms with van der Waals surface area (Å²) in [5, 5.41) is -8.25. The van der Waals surface area contributed by atoms with Crippen LogP contribution in [-0.2, 0) is 0 Å². The molecule has 0 aliphatic carbocycles. The lowest BCUT2D eigenvalue weighted by Gasteiger charge is -2.30. The lowest BCUT2D eigenvalue weighted by atomic mass is 9.96.